The molecule has 0 aromatic heterocycles. The van der Waals surface area contributed by atoms with E-state index in [2.05, 4.69) is 4.85 Å². The van der Waals surface area contributed by atoms with Crippen LogP contribution in [0.1, 0.15) is 5.56 Å². The average Bonchev–Trinajstić information content (AvgIpc) is 2.21. The number of aliphatic hydroxyl groups is 1. The van der Waals surface area contributed by atoms with Crippen molar-refractivity contribution in [2.24, 2.45) is 0 Å². The van der Waals surface area contributed by atoms with Crippen LogP contribution >= 0.6 is 0 Å². The Balaban J connectivity index is 3.08. The first-order valence-electron chi connectivity index (χ1n) is 3.54. The zero-order chi connectivity index (χ0) is 9.68. The summed E-state index contributed by atoms with van der Waals surface area (Å²) in [5, 5.41) is 17.2. The zero-order valence-corrected chi connectivity index (χ0v) is 6.73. The second kappa shape index (κ2) is 3.94. The van der Waals surface area contributed by atoms with E-state index in [1.165, 1.54) is 0 Å². The van der Waals surface area contributed by atoms with Gasteiger partial charge in [0.2, 0.25) is 0 Å². The lowest BCUT2D eigenvalue weighted by Crippen LogP contribution is -1.79. The van der Waals surface area contributed by atoms with Gasteiger partial charge in [0.1, 0.15) is 6.07 Å². The van der Waals surface area contributed by atoms with Gasteiger partial charge in [-0.2, -0.15) is 5.26 Å². The second-order valence-electron chi connectivity index (χ2n) is 2.31. The van der Waals surface area contributed by atoms with Gasteiger partial charge in [-0.05, 0) is 5.56 Å². The molecule has 0 atom stereocenters. The molecule has 1 rings (SSSR count). The Bertz CT molecular complexity index is 404. The van der Waals surface area contributed by atoms with Crippen LogP contribution in [0.3, 0.4) is 0 Å². The number of hydrogen-bond acceptors (Lipinski definition) is 2. The molecule has 3 heteroatoms. The number of nitriles is 1. The zero-order valence-electron chi connectivity index (χ0n) is 6.73. The van der Waals surface area contributed by atoms with E-state index in [9.17, 15) is 0 Å². The average molecular weight is 170 g/mol. The minimum absolute atomic E-state index is 0.191. The first-order valence-corrected chi connectivity index (χ1v) is 3.54. The largest absolute Gasteiger partial charge is 0.514 e. The Hall–Kier alpha value is -2.26. The maximum atomic E-state index is 8.66. The van der Waals surface area contributed by atoms with Crippen LogP contribution in [0.2, 0.25) is 0 Å². The first-order chi connectivity index (χ1) is 6.31. The third-order valence-electron chi connectivity index (χ3n) is 1.56. The van der Waals surface area contributed by atoms with E-state index in [0.717, 1.165) is 6.26 Å². The standard InChI is InChI=1S/C10H6N2O/c1-12-10-4-2-8(3-5-10)9(6-11)7-13/h2-5,7,13H/b9-7+. The van der Waals surface area contributed by atoms with E-state index in [-0.39, 0.29) is 5.57 Å². The van der Waals surface area contributed by atoms with Crippen LogP contribution in [0.5, 0.6) is 0 Å². The molecule has 0 aliphatic heterocycles. The van der Waals surface area contributed by atoms with Gasteiger partial charge in [0, 0.05) is 0 Å². The van der Waals surface area contributed by atoms with Crippen LogP contribution in [-0.2, 0) is 0 Å². The molecule has 0 unspecified atom stereocenters. The van der Waals surface area contributed by atoms with Crippen molar-refractivity contribution in [1.29, 1.82) is 5.26 Å². The van der Waals surface area contributed by atoms with Gasteiger partial charge >= 0.3 is 0 Å². The lowest BCUT2D eigenvalue weighted by molar-refractivity contribution is 0.476. The summed E-state index contributed by atoms with van der Waals surface area (Å²) in [7, 11) is 0. The van der Waals surface area contributed by atoms with Crippen molar-refractivity contribution in [3.63, 3.8) is 0 Å². The second-order valence-corrected chi connectivity index (χ2v) is 2.31. The van der Waals surface area contributed by atoms with Gasteiger partial charge in [-0.25, -0.2) is 4.85 Å². The van der Waals surface area contributed by atoms with Crippen molar-refractivity contribution in [3.8, 4) is 6.07 Å². The minimum Gasteiger partial charge on any atom is -0.514 e. The van der Waals surface area contributed by atoms with Crippen molar-refractivity contribution in [1.82, 2.24) is 0 Å². The van der Waals surface area contributed by atoms with Gasteiger partial charge in [-0.1, -0.05) is 24.3 Å². The highest BCUT2D eigenvalue weighted by molar-refractivity contribution is 5.76. The Labute approximate surface area is 76.0 Å². The summed E-state index contributed by atoms with van der Waals surface area (Å²) in [6, 6.07) is 8.29. The molecule has 0 fully saturated rings. The van der Waals surface area contributed by atoms with E-state index in [0.29, 0.717) is 11.3 Å². The molecular formula is C10H6N2O. The SMILES string of the molecule is [C-]#[N+]c1ccc(/C(C#N)=C/O)cc1. The highest BCUT2D eigenvalue weighted by Crippen LogP contribution is 2.17. The molecule has 1 aromatic rings. The maximum Gasteiger partial charge on any atom is 0.187 e. The van der Waals surface area contributed by atoms with Crippen LogP contribution < -0.4 is 0 Å². The molecule has 0 bridgehead atoms. The Morgan fingerprint density at radius 2 is 2.08 bits per heavy atom. The predicted octanol–water partition coefficient (Wildman–Crippen LogP) is 2.66. The maximum absolute atomic E-state index is 8.66. The fourth-order valence-corrected chi connectivity index (χ4v) is 0.883. The van der Waals surface area contributed by atoms with E-state index >= 15 is 0 Å². The van der Waals surface area contributed by atoms with Crippen molar-refractivity contribution in [3.05, 3.63) is 47.5 Å². The summed E-state index contributed by atoms with van der Waals surface area (Å²) >= 11 is 0. The molecule has 0 heterocycles. The van der Waals surface area contributed by atoms with Crippen molar-refractivity contribution in [2.75, 3.05) is 0 Å². The number of allylic oxidation sites excluding steroid dienone is 1. The molecule has 0 aliphatic rings. The van der Waals surface area contributed by atoms with Gasteiger partial charge in [0.15, 0.2) is 5.69 Å². The van der Waals surface area contributed by atoms with Crippen LogP contribution in [-0.4, -0.2) is 5.11 Å². The van der Waals surface area contributed by atoms with Crippen molar-refractivity contribution >= 4 is 11.3 Å². The van der Waals surface area contributed by atoms with Crippen molar-refractivity contribution < 1.29 is 5.11 Å². The first kappa shape index (κ1) is 8.83. The van der Waals surface area contributed by atoms with Crippen LogP contribution in [0, 0.1) is 17.9 Å². The Kier molecular flexibility index (Phi) is 2.68. The molecule has 0 saturated heterocycles. The highest BCUT2D eigenvalue weighted by atomic mass is 16.2. The number of aliphatic hydroxyl groups excluding tert-OH is 1. The summed E-state index contributed by atoms with van der Waals surface area (Å²) in [5.41, 5.74) is 1.31. The van der Waals surface area contributed by atoms with Gasteiger partial charge in [0.25, 0.3) is 0 Å². The molecule has 1 aromatic carbocycles. The monoisotopic (exact) mass is 170 g/mol. The van der Waals surface area contributed by atoms with Crippen molar-refractivity contribution in [2.45, 2.75) is 0 Å². The smallest absolute Gasteiger partial charge is 0.187 e. The molecule has 62 valence electrons. The van der Waals surface area contributed by atoms with E-state index < -0.39 is 0 Å². The lowest BCUT2D eigenvalue weighted by atomic mass is 10.1. The summed E-state index contributed by atoms with van der Waals surface area (Å²) in [4.78, 5) is 3.21. The summed E-state index contributed by atoms with van der Waals surface area (Å²) in [5.74, 6) is 0. The van der Waals surface area contributed by atoms with Crippen LogP contribution in [0.4, 0.5) is 5.69 Å². The molecule has 0 aliphatic carbocycles. The Morgan fingerprint density at radius 1 is 1.46 bits per heavy atom. The fourth-order valence-electron chi connectivity index (χ4n) is 0.883. The summed E-state index contributed by atoms with van der Waals surface area (Å²) < 4.78 is 0. The molecule has 0 saturated carbocycles. The number of hydrogen-bond donors (Lipinski definition) is 1. The van der Waals surface area contributed by atoms with Gasteiger partial charge < -0.3 is 5.11 Å². The molecule has 13 heavy (non-hydrogen) atoms. The topological polar surface area (TPSA) is 48.4 Å². The van der Waals surface area contributed by atoms with Crippen LogP contribution in [0.15, 0.2) is 30.5 Å². The number of benzene rings is 1. The highest BCUT2D eigenvalue weighted by Gasteiger charge is 1.99. The third kappa shape index (κ3) is 1.85. The molecule has 0 radical (unpaired) electrons. The van der Waals surface area contributed by atoms with E-state index in [1.807, 2.05) is 6.07 Å². The summed E-state index contributed by atoms with van der Waals surface area (Å²) in [6.45, 7) is 6.71. The number of nitrogens with zero attached hydrogens (tertiary/aromatic N) is 2. The molecular weight excluding hydrogens is 164 g/mol. The van der Waals surface area contributed by atoms with Gasteiger partial charge in [-0.15, -0.1) is 0 Å². The number of rotatable bonds is 1. The predicted molar refractivity (Wildman–Crippen MR) is 48.9 cm³/mol. The quantitative estimate of drug-likeness (QED) is 0.400. The normalized spacial score (nSPS) is 10.2. The molecule has 1 N–H and O–H groups in total. The van der Waals surface area contributed by atoms with Gasteiger partial charge in [-0.3, -0.25) is 0 Å². The lowest BCUT2D eigenvalue weighted by Gasteiger charge is -1.96. The fraction of sp³-hybridized carbons (Fsp3) is 0. The minimum atomic E-state index is 0.191. The van der Waals surface area contributed by atoms with Crippen LogP contribution in [0.25, 0.3) is 10.4 Å². The molecule has 0 spiro atoms. The van der Waals surface area contributed by atoms with E-state index in [1.54, 1.807) is 24.3 Å². The third-order valence-corrected chi connectivity index (χ3v) is 1.56. The molecule has 3 nitrogen and oxygen atoms in total. The molecule has 0 amide bonds. The van der Waals surface area contributed by atoms with Gasteiger partial charge in [0.05, 0.1) is 18.4 Å². The summed E-state index contributed by atoms with van der Waals surface area (Å²) in [6.07, 6.45) is 0.757. The van der Waals surface area contributed by atoms with E-state index in [4.69, 9.17) is 16.9 Å². The Morgan fingerprint density at radius 3 is 2.46 bits per heavy atom.